The Bertz CT molecular complexity index is 541. The number of hydrogen-bond acceptors (Lipinski definition) is 3. The summed E-state index contributed by atoms with van der Waals surface area (Å²) in [7, 11) is 0. The molecule has 2 fully saturated rings. The zero-order valence-corrected chi connectivity index (χ0v) is 14.6. The van der Waals surface area contributed by atoms with Gasteiger partial charge in [0.05, 0.1) is 11.6 Å². The van der Waals surface area contributed by atoms with Crippen molar-refractivity contribution in [2.45, 2.75) is 31.8 Å². The van der Waals surface area contributed by atoms with Gasteiger partial charge >= 0.3 is 6.03 Å². The molecule has 5 nitrogen and oxygen atoms in total. The van der Waals surface area contributed by atoms with Crippen LogP contribution in [-0.4, -0.2) is 49.9 Å². The molecule has 132 valence electrons. The van der Waals surface area contributed by atoms with Gasteiger partial charge in [0.1, 0.15) is 11.9 Å². The fraction of sp³-hybridized carbons (Fsp3) is 0.611. The SMILES string of the molecule is O=C(NCC1CCCOC1)N1CCC(Oc2ccccc2Cl)CC1. The summed E-state index contributed by atoms with van der Waals surface area (Å²) >= 11 is 6.13. The molecule has 0 aromatic heterocycles. The zero-order valence-electron chi connectivity index (χ0n) is 13.9. The molecular weight excluding hydrogens is 328 g/mol. The van der Waals surface area contributed by atoms with E-state index < -0.39 is 0 Å². The summed E-state index contributed by atoms with van der Waals surface area (Å²) in [4.78, 5) is 14.1. The Labute approximate surface area is 148 Å². The lowest BCUT2D eigenvalue weighted by atomic mass is 10.0. The lowest BCUT2D eigenvalue weighted by molar-refractivity contribution is 0.0545. The molecule has 2 heterocycles. The third kappa shape index (κ3) is 4.77. The van der Waals surface area contributed by atoms with Crippen molar-refractivity contribution in [3.8, 4) is 5.75 Å². The van der Waals surface area contributed by atoms with Gasteiger partial charge in [-0.3, -0.25) is 0 Å². The first-order valence-corrected chi connectivity index (χ1v) is 9.12. The van der Waals surface area contributed by atoms with Crippen LogP contribution in [0.5, 0.6) is 5.75 Å². The number of carbonyl (C=O) groups excluding carboxylic acids is 1. The van der Waals surface area contributed by atoms with Crippen molar-refractivity contribution in [3.05, 3.63) is 29.3 Å². The van der Waals surface area contributed by atoms with Crippen LogP contribution in [0.1, 0.15) is 25.7 Å². The summed E-state index contributed by atoms with van der Waals surface area (Å²) < 4.78 is 11.4. The number of hydrogen-bond donors (Lipinski definition) is 1. The fourth-order valence-corrected chi connectivity index (χ4v) is 3.39. The molecule has 1 aromatic rings. The average Bonchev–Trinajstić information content (AvgIpc) is 2.63. The van der Waals surface area contributed by atoms with Gasteiger partial charge in [-0.15, -0.1) is 0 Å². The van der Waals surface area contributed by atoms with Gasteiger partial charge in [0, 0.05) is 39.1 Å². The average molecular weight is 353 g/mol. The third-order valence-electron chi connectivity index (χ3n) is 4.66. The van der Waals surface area contributed by atoms with E-state index in [9.17, 15) is 4.79 Å². The maximum Gasteiger partial charge on any atom is 0.317 e. The van der Waals surface area contributed by atoms with Crippen LogP contribution in [0.2, 0.25) is 5.02 Å². The molecular formula is C18H25ClN2O3. The molecule has 2 aliphatic rings. The summed E-state index contributed by atoms with van der Waals surface area (Å²) in [6, 6.07) is 7.54. The van der Waals surface area contributed by atoms with Gasteiger partial charge in [-0.2, -0.15) is 0 Å². The Morgan fingerprint density at radius 1 is 1.29 bits per heavy atom. The number of ether oxygens (including phenoxy) is 2. The largest absolute Gasteiger partial charge is 0.489 e. The summed E-state index contributed by atoms with van der Waals surface area (Å²) in [5.74, 6) is 1.17. The minimum absolute atomic E-state index is 0.0248. The number of nitrogens with one attached hydrogen (secondary N) is 1. The van der Waals surface area contributed by atoms with Crippen molar-refractivity contribution in [1.29, 1.82) is 0 Å². The minimum Gasteiger partial charge on any atom is -0.489 e. The quantitative estimate of drug-likeness (QED) is 0.904. The second kappa shape index (κ2) is 8.58. The summed E-state index contributed by atoms with van der Waals surface area (Å²) in [5, 5.41) is 3.67. The van der Waals surface area contributed by atoms with E-state index in [4.69, 9.17) is 21.1 Å². The van der Waals surface area contributed by atoms with Gasteiger partial charge in [-0.05, 0) is 30.9 Å². The second-order valence-electron chi connectivity index (χ2n) is 6.50. The van der Waals surface area contributed by atoms with Gasteiger partial charge in [0.25, 0.3) is 0 Å². The monoisotopic (exact) mass is 352 g/mol. The van der Waals surface area contributed by atoms with Crippen LogP contribution in [0.3, 0.4) is 0 Å². The molecule has 3 rings (SSSR count). The highest BCUT2D eigenvalue weighted by Gasteiger charge is 2.25. The van der Waals surface area contributed by atoms with Crippen molar-refractivity contribution < 1.29 is 14.3 Å². The van der Waals surface area contributed by atoms with Gasteiger partial charge in [-0.1, -0.05) is 23.7 Å². The molecule has 1 aromatic carbocycles. The number of rotatable bonds is 4. The smallest absolute Gasteiger partial charge is 0.317 e. The van der Waals surface area contributed by atoms with E-state index in [2.05, 4.69) is 5.32 Å². The number of nitrogens with zero attached hydrogens (tertiary/aromatic N) is 1. The number of benzene rings is 1. The zero-order chi connectivity index (χ0) is 16.8. The highest BCUT2D eigenvalue weighted by atomic mass is 35.5. The number of carbonyl (C=O) groups is 1. The van der Waals surface area contributed by atoms with Gasteiger partial charge in [-0.25, -0.2) is 4.79 Å². The highest BCUT2D eigenvalue weighted by molar-refractivity contribution is 6.32. The van der Waals surface area contributed by atoms with Crippen LogP contribution >= 0.6 is 11.6 Å². The van der Waals surface area contributed by atoms with Crippen LogP contribution in [-0.2, 0) is 4.74 Å². The van der Waals surface area contributed by atoms with Crippen LogP contribution in [0, 0.1) is 5.92 Å². The van der Waals surface area contributed by atoms with E-state index in [-0.39, 0.29) is 12.1 Å². The topological polar surface area (TPSA) is 50.8 Å². The van der Waals surface area contributed by atoms with Crippen LogP contribution in [0.25, 0.3) is 0 Å². The van der Waals surface area contributed by atoms with E-state index in [0.29, 0.717) is 30.6 Å². The van der Waals surface area contributed by atoms with E-state index in [1.54, 1.807) is 0 Å². The maximum absolute atomic E-state index is 12.3. The predicted molar refractivity (Wildman–Crippen MR) is 93.6 cm³/mol. The van der Waals surface area contributed by atoms with E-state index in [1.165, 1.54) is 0 Å². The number of piperidine rings is 1. The molecule has 1 atom stereocenters. The van der Waals surface area contributed by atoms with Crippen molar-refractivity contribution in [1.82, 2.24) is 10.2 Å². The lowest BCUT2D eigenvalue weighted by Crippen LogP contribution is -2.47. The molecule has 0 aliphatic carbocycles. The molecule has 2 amide bonds. The van der Waals surface area contributed by atoms with Crippen molar-refractivity contribution >= 4 is 17.6 Å². The number of amides is 2. The molecule has 1 unspecified atom stereocenters. The molecule has 0 spiro atoms. The second-order valence-corrected chi connectivity index (χ2v) is 6.91. The predicted octanol–water partition coefficient (Wildman–Crippen LogP) is 3.32. The number of halogens is 1. The number of likely N-dealkylation sites (tertiary alicyclic amines) is 1. The van der Waals surface area contributed by atoms with Gasteiger partial charge < -0.3 is 19.7 Å². The molecule has 0 radical (unpaired) electrons. The molecule has 0 saturated carbocycles. The molecule has 2 saturated heterocycles. The van der Waals surface area contributed by atoms with E-state index in [0.717, 1.165) is 44.6 Å². The summed E-state index contributed by atoms with van der Waals surface area (Å²) in [5.41, 5.74) is 0. The van der Waals surface area contributed by atoms with Crippen molar-refractivity contribution in [2.24, 2.45) is 5.92 Å². The van der Waals surface area contributed by atoms with Crippen LogP contribution in [0.4, 0.5) is 4.79 Å². The minimum atomic E-state index is 0.0248. The molecule has 2 aliphatic heterocycles. The Morgan fingerprint density at radius 3 is 2.79 bits per heavy atom. The molecule has 6 heteroatoms. The Balaban J connectivity index is 1.39. The summed E-state index contributed by atoms with van der Waals surface area (Å²) in [6.07, 6.45) is 3.98. The first-order chi connectivity index (χ1) is 11.7. The Hall–Kier alpha value is -1.46. The molecule has 0 bridgehead atoms. The van der Waals surface area contributed by atoms with E-state index >= 15 is 0 Å². The van der Waals surface area contributed by atoms with Gasteiger partial charge in [0.15, 0.2) is 0 Å². The molecule has 1 N–H and O–H groups in total. The lowest BCUT2D eigenvalue weighted by Gasteiger charge is -2.33. The van der Waals surface area contributed by atoms with E-state index in [1.807, 2.05) is 29.2 Å². The van der Waals surface area contributed by atoms with Crippen LogP contribution < -0.4 is 10.1 Å². The third-order valence-corrected chi connectivity index (χ3v) is 4.97. The van der Waals surface area contributed by atoms with Crippen molar-refractivity contribution in [3.63, 3.8) is 0 Å². The standard InChI is InChI=1S/C18H25ClN2O3/c19-16-5-1-2-6-17(16)24-15-7-9-21(10-8-15)18(22)20-12-14-4-3-11-23-13-14/h1-2,5-6,14-15H,3-4,7-13H2,(H,20,22). The van der Waals surface area contributed by atoms with Gasteiger partial charge in [0.2, 0.25) is 0 Å². The number of urea groups is 1. The normalized spacial score (nSPS) is 22.2. The first-order valence-electron chi connectivity index (χ1n) is 8.74. The summed E-state index contributed by atoms with van der Waals surface area (Å²) in [6.45, 7) is 3.73. The Kier molecular flexibility index (Phi) is 6.21. The first kappa shape index (κ1) is 17.4. The number of para-hydroxylation sites is 1. The van der Waals surface area contributed by atoms with Crippen LogP contribution in [0.15, 0.2) is 24.3 Å². The fourth-order valence-electron chi connectivity index (χ4n) is 3.21. The molecule has 24 heavy (non-hydrogen) atoms. The van der Waals surface area contributed by atoms with Crippen molar-refractivity contribution in [2.75, 3.05) is 32.8 Å². The maximum atomic E-state index is 12.3. The highest BCUT2D eigenvalue weighted by Crippen LogP contribution is 2.26. The Morgan fingerprint density at radius 2 is 2.08 bits per heavy atom.